The standard InChI is InChI=1S/C15H20BrN3O2/c1-15(2,3)14(21)19-6-4-18(5-7-19)13(20)11-8-12(16)10-17-9-11/h8-10H,4-7H2,1-3H3. The van der Waals surface area contributed by atoms with Gasteiger partial charge < -0.3 is 9.80 Å². The highest BCUT2D eigenvalue weighted by molar-refractivity contribution is 9.10. The number of carbonyl (C=O) groups excluding carboxylic acids is 2. The lowest BCUT2D eigenvalue weighted by molar-refractivity contribution is -0.140. The molecule has 0 spiro atoms. The topological polar surface area (TPSA) is 53.5 Å². The summed E-state index contributed by atoms with van der Waals surface area (Å²) in [6.07, 6.45) is 3.22. The van der Waals surface area contributed by atoms with E-state index in [-0.39, 0.29) is 17.2 Å². The summed E-state index contributed by atoms with van der Waals surface area (Å²) in [6.45, 7) is 8.05. The van der Waals surface area contributed by atoms with Crippen molar-refractivity contribution in [2.75, 3.05) is 26.2 Å². The van der Waals surface area contributed by atoms with Crippen LogP contribution in [-0.4, -0.2) is 52.8 Å². The molecule has 1 aromatic rings. The highest BCUT2D eigenvalue weighted by Crippen LogP contribution is 2.19. The van der Waals surface area contributed by atoms with Crippen molar-refractivity contribution >= 4 is 27.7 Å². The fourth-order valence-corrected chi connectivity index (χ4v) is 2.66. The molecule has 0 saturated carbocycles. The van der Waals surface area contributed by atoms with Crippen LogP contribution in [0.5, 0.6) is 0 Å². The van der Waals surface area contributed by atoms with E-state index < -0.39 is 0 Å². The third kappa shape index (κ3) is 3.81. The summed E-state index contributed by atoms with van der Waals surface area (Å²) >= 11 is 3.32. The molecule has 0 unspecified atom stereocenters. The van der Waals surface area contributed by atoms with Gasteiger partial charge in [0.05, 0.1) is 5.56 Å². The van der Waals surface area contributed by atoms with Crippen LogP contribution in [0.3, 0.4) is 0 Å². The number of pyridine rings is 1. The van der Waals surface area contributed by atoms with Crippen molar-refractivity contribution < 1.29 is 9.59 Å². The molecule has 1 saturated heterocycles. The number of halogens is 1. The number of piperazine rings is 1. The van der Waals surface area contributed by atoms with E-state index in [1.165, 1.54) is 0 Å². The van der Waals surface area contributed by atoms with E-state index in [0.29, 0.717) is 31.7 Å². The van der Waals surface area contributed by atoms with Gasteiger partial charge in [0, 0.05) is 48.5 Å². The Hall–Kier alpha value is -1.43. The van der Waals surface area contributed by atoms with Crippen LogP contribution < -0.4 is 0 Å². The van der Waals surface area contributed by atoms with Crippen LogP contribution in [0.15, 0.2) is 22.9 Å². The average molecular weight is 354 g/mol. The molecule has 2 heterocycles. The number of amides is 2. The number of nitrogens with zero attached hydrogens (tertiary/aromatic N) is 3. The predicted molar refractivity (Wildman–Crippen MR) is 83.9 cm³/mol. The molecule has 1 fully saturated rings. The first-order valence-corrected chi connectivity index (χ1v) is 7.77. The van der Waals surface area contributed by atoms with Gasteiger partial charge in [-0.2, -0.15) is 0 Å². The van der Waals surface area contributed by atoms with Crippen LogP contribution in [0.1, 0.15) is 31.1 Å². The maximum atomic E-state index is 12.4. The number of rotatable bonds is 1. The van der Waals surface area contributed by atoms with Gasteiger partial charge in [0.1, 0.15) is 0 Å². The Balaban J connectivity index is 1.98. The summed E-state index contributed by atoms with van der Waals surface area (Å²) in [5.74, 6) is 0.102. The lowest BCUT2D eigenvalue weighted by Crippen LogP contribution is -2.53. The number of hydrogen-bond donors (Lipinski definition) is 0. The van der Waals surface area contributed by atoms with E-state index in [2.05, 4.69) is 20.9 Å². The summed E-state index contributed by atoms with van der Waals surface area (Å²) in [4.78, 5) is 32.2. The van der Waals surface area contributed by atoms with Crippen molar-refractivity contribution in [3.8, 4) is 0 Å². The molecule has 6 heteroatoms. The molecule has 0 atom stereocenters. The van der Waals surface area contributed by atoms with E-state index in [4.69, 9.17) is 0 Å². The van der Waals surface area contributed by atoms with Gasteiger partial charge in [0.15, 0.2) is 0 Å². The molecule has 21 heavy (non-hydrogen) atoms. The Morgan fingerprint density at radius 3 is 2.19 bits per heavy atom. The van der Waals surface area contributed by atoms with E-state index in [1.54, 1.807) is 23.4 Å². The van der Waals surface area contributed by atoms with Gasteiger partial charge in [0.25, 0.3) is 5.91 Å². The van der Waals surface area contributed by atoms with Crippen LogP contribution in [-0.2, 0) is 4.79 Å². The van der Waals surface area contributed by atoms with Gasteiger partial charge in [-0.3, -0.25) is 14.6 Å². The summed E-state index contributed by atoms with van der Waals surface area (Å²) < 4.78 is 0.787. The molecule has 0 aliphatic carbocycles. The molecule has 0 bridgehead atoms. The van der Waals surface area contributed by atoms with Crippen molar-refractivity contribution in [1.29, 1.82) is 0 Å². The van der Waals surface area contributed by atoms with Crippen molar-refractivity contribution in [1.82, 2.24) is 14.8 Å². The van der Waals surface area contributed by atoms with E-state index in [9.17, 15) is 9.59 Å². The quantitative estimate of drug-likeness (QED) is 0.777. The normalized spacial score (nSPS) is 16.0. The number of hydrogen-bond acceptors (Lipinski definition) is 3. The SMILES string of the molecule is CC(C)(C)C(=O)N1CCN(C(=O)c2cncc(Br)c2)CC1. The monoisotopic (exact) mass is 353 g/mol. The minimum atomic E-state index is -0.375. The number of aromatic nitrogens is 1. The van der Waals surface area contributed by atoms with Crippen molar-refractivity contribution in [3.63, 3.8) is 0 Å². The van der Waals surface area contributed by atoms with E-state index in [0.717, 1.165) is 4.47 Å². The molecule has 0 N–H and O–H groups in total. The summed E-state index contributed by atoms with van der Waals surface area (Å²) in [7, 11) is 0. The van der Waals surface area contributed by atoms with Crippen LogP contribution in [0.2, 0.25) is 0 Å². The van der Waals surface area contributed by atoms with Crippen molar-refractivity contribution in [2.24, 2.45) is 5.41 Å². The van der Waals surface area contributed by atoms with Gasteiger partial charge in [-0.15, -0.1) is 0 Å². The predicted octanol–water partition coefficient (Wildman–Crippen LogP) is 2.17. The molecular weight excluding hydrogens is 334 g/mol. The van der Waals surface area contributed by atoms with Gasteiger partial charge in [0.2, 0.25) is 5.91 Å². The second-order valence-electron chi connectivity index (χ2n) is 6.23. The van der Waals surface area contributed by atoms with Gasteiger partial charge in [-0.05, 0) is 22.0 Å². The second kappa shape index (κ2) is 6.13. The van der Waals surface area contributed by atoms with Gasteiger partial charge in [-0.25, -0.2) is 0 Å². The first-order chi connectivity index (χ1) is 9.79. The smallest absolute Gasteiger partial charge is 0.255 e. The molecule has 1 aromatic heterocycles. The Morgan fingerprint density at radius 1 is 1.10 bits per heavy atom. The molecule has 0 aromatic carbocycles. The lowest BCUT2D eigenvalue weighted by Gasteiger charge is -2.37. The highest BCUT2D eigenvalue weighted by atomic mass is 79.9. The van der Waals surface area contributed by atoms with Gasteiger partial charge >= 0.3 is 0 Å². The van der Waals surface area contributed by atoms with Crippen molar-refractivity contribution in [2.45, 2.75) is 20.8 Å². The Morgan fingerprint density at radius 2 is 1.67 bits per heavy atom. The first kappa shape index (κ1) is 15.9. The molecule has 114 valence electrons. The highest BCUT2D eigenvalue weighted by Gasteiger charge is 2.31. The summed E-state index contributed by atoms with van der Waals surface area (Å²) in [6, 6.07) is 1.77. The van der Waals surface area contributed by atoms with Crippen LogP contribution in [0, 0.1) is 5.41 Å². The molecular formula is C15H20BrN3O2. The second-order valence-corrected chi connectivity index (χ2v) is 7.14. The third-order valence-electron chi connectivity index (χ3n) is 3.45. The Labute approximate surface area is 133 Å². The zero-order chi connectivity index (χ0) is 15.6. The van der Waals surface area contributed by atoms with E-state index >= 15 is 0 Å². The minimum Gasteiger partial charge on any atom is -0.339 e. The minimum absolute atomic E-state index is 0.0355. The molecule has 5 nitrogen and oxygen atoms in total. The lowest BCUT2D eigenvalue weighted by atomic mass is 9.94. The zero-order valence-corrected chi connectivity index (χ0v) is 14.2. The van der Waals surface area contributed by atoms with Gasteiger partial charge in [-0.1, -0.05) is 20.8 Å². The molecule has 0 radical (unpaired) electrons. The van der Waals surface area contributed by atoms with Crippen LogP contribution in [0.25, 0.3) is 0 Å². The molecule has 2 amide bonds. The first-order valence-electron chi connectivity index (χ1n) is 6.98. The number of carbonyl (C=O) groups is 2. The van der Waals surface area contributed by atoms with Crippen LogP contribution >= 0.6 is 15.9 Å². The Bertz CT molecular complexity index is 546. The fraction of sp³-hybridized carbons (Fsp3) is 0.533. The fourth-order valence-electron chi connectivity index (χ4n) is 2.30. The largest absolute Gasteiger partial charge is 0.339 e. The van der Waals surface area contributed by atoms with E-state index in [1.807, 2.05) is 25.7 Å². The third-order valence-corrected chi connectivity index (χ3v) is 3.88. The average Bonchev–Trinajstić information content (AvgIpc) is 2.45. The summed E-state index contributed by atoms with van der Waals surface area (Å²) in [5, 5.41) is 0. The van der Waals surface area contributed by atoms with Crippen molar-refractivity contribution in [3.05, 3.63) is 28.5 Å². The van der Waals surface area contributed by atoms with Crippen LogP contribution in [0.4, 0.5) is 0 Å². The molecule has 1 aliphatic rings. The maximum Gasteiger partial charge on any atom is 0.255 e. The Kier molecular flexibility index (Phi) is 4.66. The zero-order valence-electron chi connectivity index (χ0n) is 12.6. The molecule has 1 aliphatic heterocycles. The maximum absolute atomic E-state index is 12.4. The summed E-state index contributed by atoms with van der Waals surface area (Å²) in [5.41, 5.74) is 0.195. The molecule has 2 rings (SSSR count).